The Morgan fingerprint density at radius 3 is 2.77 bits per heavy atom. The number of benzene rings is 1. The molecular weight excluding hydrogens is 380 g/mol. The first-order valence-electron chi connectivity index (χ1n) is 10.9. The Bertz CT molecular complexity index is 761. The number of amides is 2. The number of carbonyl (C=O) groups excluding carboxylic acids is 2. The van der Waals surface area contributed by atoms with Crippen LogP contribution in [0.5, 0.6) is 5.75 Å². The molecule has 1 aromatic carbocycles. The second kappa shape index (κ2) is 10.6. The molecule has 0 spiro atoms. The molecule has 6 heteroatoms. The van der Waals surface area contributed by atoms with E-state index in [0.29, 0.717) is 32.2 Å². The molecule has 0 aromatic heterocycles. The number of hydrogen-bond acceptors (Lipinski definition) is 4. The molecule has 0 radical (unpaired) electrons. The molecule has 2 atom stereocenters. The van der Waals surface area contributed by atoms with E-state index in [-0.39, 0.29) is 30.4 Å². The summed E-state index contributed by atoms with van der Waals surface area (Å²) in [4.78, 5) is 29.6. The smallest absolute Gasteiger partial charge is 0.242 e. The zero-order valence-electron chi connectivity index (χ0n) is 18.4. The lowest BCUT2D eigenvalue weighted by Gasteiger charge is -2.28. The van der Waals surface area contributed by atoms with Crippen molar-refractivity contribution in [2.24, 2.45) is 11.8 Å². The molecule has 164 valence electrons. The van der Waals surface area contributed by atoms with Gasteiger partial charge in [-0.15, -0.1) is 0 Å². The van der Waals surface area contributed by atoms with Crippen molar-refractivity contribution in [2.75, 3.05) is 33.3 Å². The number of hydrogen-bond donors (Lipinski definition) is 0. The van der Waals surface area contributed by atoms with E-state index < -0.39 is 0 Å². The first-order chi connectivity index (χ1) is 14.5. The molecule has 30 heavy (non-hydrogen) atoms. The molecule has 2 amide bonds. The Morgan fingerprint density at radius 2 is 2.07 bits per heavy atom. The average Bonchev–Trinajstić information content (AvgIpc) is 2.91. The van der Waals surface area contributed by atoms with E-state index in [4.69, 9.17) is 9.47 Å². The monoisotopic (exact) mass is 414 g/mol. The highest BCUT2D eigenvalue weighted by Gasteiger charge is 2.33. The maximum absolute atomic E-state index is 13.1. The molecule has 1 aromatic rings. The summed E-state index contributed by atoms with van der Waals surface area (Å²) in [5, 5.41) is 0. The number of allylic oxidation sites excluding steroid dienone is 2. The van der Waals surface area contributed by atoms with Gasteiger partial charge in [0.15, 0.2) is 0 Å². The van der Waals surface area contributed by atoms with Gasteiger partial charge in [0.1, 0.15) is 5.75 Å². The summed E-state index contributed by atoms with van der Waals surface area (Å²) in [6.45, 7) is 6.39. The molecule has 6 nitrogen and oxygen atoms in total. The van der Waals surface area contributed by atoms with Crippen molar-refractivity contribution in [1.29, 1.82) is 0 Å². The summed E-state index contributed by atoms with van der Waals surface area (Å²) < 4.78 is 11.5. The second-order valence-corrected chi connectivity index (χ2v) is 8.68. The third-order valence-electron chi connectivity index (χ3n) is 5.66. The number of ether oxygens (including phenoxy) is 2. The normalized spacial score (nSPS) is 22.3. The van der Waals surface area contributed by atoms with Gasteiger partial charge < -0.3 is 19.3 Å². The molecule has 3 rings (SSSR count). The highest BCUT2D eigenvalue weighted by atomic mass is 16.5. The van der Waals surface area contributed by atoms with Crippen LogP contribution in [-0.4, -0.2) is 61.0 Å². The van der Waals surface area contributed by atoms with Crippen LogP contribution in [0.2, 0.25) is 0 Å². The van der Waals surface area contributed by atoms with E-state index in [1.54, 1.807) is 12.0 Å². The molecule has 1 fully saturated rings. The van der Waals surface area contributed by atoms with Gasteiger partial charge in [0.05, 0.1) is 26.4 Å². The molecule has 2 unspecified atom stereocenters. The third kappa shape index (κ3) is 6.08. The van der Waals surface area contributed by atoms with E-state index in [2.05, 4.69) is 26.0 Å². The Balaban J connectivity index is 1.71. The summed E-state index contributed by atoms with van der Waals surface area (Å²) in [6, 6.07) is 7.78. The summed E-state index contributed by atoms with van der Waals surface area (Å²) >= 11 is 0. The summed E-state index contributed by atoms with van der Waals surface area (Å²) in [5.41, 5.74) is 1.01. The van der Waals surface area contributed by atoms with E-state index in [0.717, 1.165) is 30.6 Å². The second-order valence-electron chi connectivity index (χ2n) is 8.68. The highest BCUT2D eigenvalue weighted by molar-refractivity contribution is 5.86. The predicted molar refractivity (Wildman–Crippen MR) is 116 cm³/mol. The minimum absolute atomic E-state index is 0.0101. The van der Waals surface area contributed by atoms with Gasteiger partial charge in [0, 0.05) is 25.6 Å². The third-order valence-corrected chi connectivity index (χ3v) is 5.66. The lowest BCUT2D eigenvalue weighted by Crippen LogP contribution is -2.43. The minimum atomic E-state index is -0.218. The van der Waals surface area contributed by atoms with Crippen molar-refractivity contribution in [3.63, 3.8) is 0 Å². The van der Waals surface area contributed by atoms with Crippen molar-refractivity contribution in [2.45, 2.75) is 45.8 Å². The predicted octanol–water partition coefficient (Wildman–Crippen LogP) is 3.26. The molecule has 1 aliphatic heterocycles. The molecule has 2 aliphatic rings. The van der Waals surface area contributed by atoms with Gasteiger partial charge in [-0.3, -0.25) is 9.59 Å². The fraction of sp³-hybridized carbons (Fsp3) is 0.583. The maximum Gasteiger partial charge on any atom is 0.242 e. The van der Waals surface area contributed by atoms with Crippen molar-refractivity contribution in [3.8, 4) is 5.75 Å². The SMILES string of the molecule is COc1cccc(COC2CN(CC(C)C)C(=O)CN(C(=O)C3CC=CCC3)C2)c1. The van der Waals surface area contributed by atoms with Gasteiger partial charge in [0.25, 0.3) is 0 Å². The van der Waals surface area contributed by atoms with E-state index in [9.17, 15) is 9.59 Å². The van der Waals surface area contributed by atoms with E-state index >= 15 is 0 Å². The maximum atomic E-state index is 13.1. The number of carbonyl (C=O) groups is 2. The first-order valence-corrected chi connectivity index (χ1v) is 10.9. The van der Waals surface area contributed by atoms with Crippen LogP contribution in [0.3, 0.4) is 0 Å². The summed E-state index contributed by atoms with van der Waals surface area (Å²) in [7, 11) is 1.64. The van der Waals surface area contributed by atoms with Crippen LogP contribution in [0.1, 0.15) is 38.7 Å². The fourth-order valence-electron chi connectivity index (χ4n) is 4.12. The topological polar surface area (TPSA) is 59.1 Å². The standard InChI is InChI=1S/C24H34N2O4/c1-18(2)13-25-14-22(30-17-19-8-7-11-21(12-19)29-3)15-26(16-23(25)27)24(28)20-9-5-4-6-10-20/h4-5,7-8,11-12,18,20,22H,6,9-10,13-17H2,1-3H3. The molecule has 0 N–H and O–H groups in total. The Labute approximate surface area is 179 Å². The van der Waals surface area contributed by atoms with Crippen molar-refractivity contribution >= 4 is 11.8 Å². The minimum Gasteiger partial charge on any atom is -0.497 e. The number of methoxy groups -OCH3 is 1. The van der Waals surface area contributed by atoms with Crippen LogP contribution < -0.4 is 4.74 Å². The first kappa shape index (κ1) is 22.3. The van der Waals surface area contributed by atoms with Crippen molar-refractivity contribution in [1.82, 2.24) is 9.80 Å². The Kier molecular flexibility index (Phi) is 7.91. The quantitative estimate of drug-likeness (QED) is 0.643. The molecule has 1 saturated heterocycles. The zero-order chi connectivity index (χ0) is 21.5. The van der Waals surface area contributed by atoms with Gasteiger partial charge >= 0.3 is 0 Å². The van der Waals surface area contributed by atoms with E-state index in [1.165, 1.54) is 0 Å². The van der Waals surface area contributed by atoms with Gasteiger partial charge in [-0.1, -0.05) is 38.1 Å². The number of rotatable bonds is 7. The zero-order valence-corrected chi connectivity index (χ0v) is 18.4. The van der Waals surface area contributed by atoms with Gasteiger partial charge in [-0.2, -0.15) is 0 Å². The Hall–Kier alpha value is -2.34. The fourth-order valence-corrected chi connectivity index (χ4v) is 4.12. The molecule has 1 aliphatic carbocycles. The molecule has 1 heterocycles. The molecule has 0 bridgehead atoms. The van der Waals surface area contributed by atoms with Gasteiger partial charge in [-0.05, 0) is 42.9 Å². The summed E-state index contributed by atoms with van der Waals surface area (Å²) in [5.74, 6) is 1.21. The van der Waals surface area contributed by atoms with E-state index in [1.807, 2.05) is 29.2 Å². The van der Waals surface area contributed by atoms with Crippen LogP contribution in [0, 0.1) is 11.8 Å². The van der Waals surface area contributed by atoms with Crippen LogP contribution in [-0.2, 0) is 20.9 Å². The largest absolute Gasteiger partial charge is 0.497 e. The molecule has 0 saturated carbocycles. The summed E-state index contributed by atoms with van der Waals surface area (Å²) in [6.07, 6.45) is 6.52. The average molecular weight is 415 g/mol. The van der Waals surface area contributed by atoms with Gasteiger partial charge in [-0.25, -0.2) is 0 Å². The van der Waals surface area contributed by atoms with Crippen LogP contribution in [0.4, 0.5) is 0 Å². The van der Waals surface area contributed by atoms with Crippen LogP contribution >= 0.6 is 0 Å². The van der Waals surface area contributed by atoms with Crippen molar-refractivity contribution in [3.05, 3.63) is 42.0 Å². The lowest BCUT2D eigenvalue weighted by atomic mass is 9.93. The van der Waals surface area contributed by atoms with Gasteiger partial charge in [0.2, 0.25) is 11.8 Å². The van der Waals surface area contributed by atoms with Crippen LogP contribution in [0.15, 0.2) is 36.4 Å². The molecular formula is C24H34N2O4. The lowest BCUT2D eigenvalue weighted by molar-refractivity contribution is -0.141. The number of nitrogens with zero attached hydrogens (tertiary/aromatic N) is 2. The van der Waals surface area contributed by atoms with Crippen molar-refractivity contribution < 1.29 is 19.1 Å². The Morgan fingerprint density at radius 1 is 1.23 bits per heavy atom. The van der Waals surface area contributed by atoms with Crippen LogP contribution in [0.25, 0.3) is 0 Å². The highest BCUT2D eigenvalue weighted by Crippen LogP contribution is 2.23.